The average molecular weight is 156 g/mol. The lowest BCUT2D eigenvalue weighted by atomic mass is 9.76. The average Bonchev–Trinajstić information content (AvgIpc) is 2.00. The van der Waals surface area contributed by atoms with Gasteiger partial charge >= 0.3 is 0 Å². The van der Waals surface area contributed by atoms with Crippen molar-refractivity contribution in [2.45, 2.75) is 46.1 Å². The molecule has 1 fully saturated rings. The van der Waals surface area contributed by atoms with E-state index in [1.165, 1.54) is 6.42 Å². The van der Waals surface area contributed by atoms with E-state index in [1.807, 2.05) is 0 Å². The zero-order valence-electron chi connectivity index (χ0n) is 8.18. The van der Waals surface area contributed by atoms with E-state index in [4.69, 9.17) is 4.74 Å². The Kier molecular flexibility index (Phi) is 2.58. The van der Waals surface area contributed by atoms with Crippen LogP contribution in [0.15, 0.2) is 0 Å². The van der Waals surface area contributed by atoms with Crippen molar-refractivity contribution in [2.75, 3.05) is 6.61 Å². The zero-order valence-corrected chi connectivity index (χ0v) is 8.18. The van der Waals surface area contributed by atoms with Crippen LogP contribution in [0, 0.1) is 11.8 Å². The maximum absolute atomic E-state index is 5.80. The molecule has 0 spiro atoms. The summed E-state index contributed by atoms with van der Waals surface area (Å²) in [5, 5.41) is 0. The lowest BCUT2D eigenvalue weighted by Gasteiger charge is -2.42. The highest BCUT2D eigenvalue weighted by molar-refractivity contribution is 4.86. The molecule has 0 radical (unpaired) electrons. The summed E-state index contributed by atoms with van der Waals surface area (Å²) in [5.41, 5.74) is 0.150. The van der Waals surface area contributed by atoms with Gasteiger partial charge in [-0.3, -0.25) is 0 Å². The summed E-state index contributed by atoms with van der Waals surface area (Å²) in [6, 6.07) is 0. The minimum absolute atomic E-state index is 0.150. The van der Waals surface area contributed by atoms with Crippen LogP contribution in [0.3, 0.4) is 0 Å². The van der Waals surface area contributed by atoms with Crippen molar-refractivity contribution in [3.05, 3.63) is 0 Å². The molecule has 0 aromatic rings. The maximum atomic E-state index is 5.80. The first kappa shape index (κ1) is 9.05. The van der Waals surface area contributed by atoms with Crippen LogP contribution in [0.5, 0.6) is 0 Å². The second kappa shape index (κ2) is 3.14. The highest BCUT2D eigenvalue weighted by atomic mass is 16.5. The Labute approximate surface area is 70.1 Å². The van der Waals surface area contributed by atoms with Gasteiger partial charge in [0.2, 0.25) is 0 Å². The first-order valence-electron chi connectivity index (χ1n) is 4.74. The lowest BCUT2D eigenvalue weighted by molar-refractivity contribution is -0.123. The minimum Gasteiger partial charge on any atom is -0.375 e. The van der Waals surface area contributed by atoms with Gasteiger partial charge in [0.25, 0.3) is 0 Å². The molecule has 0 amide bonds. The fourth-order valence-electron chi connectivity index (χ4n) is 1.89. The molecule has 3 atom stereocenters. The number of hydrogen-bond acceptors (Lipinski definition) is 1. The topological polar surface area (TPSA) is 9.23 Å². The summed E-state index contributed by atoms with van der Waals surface area (Å²) in [5.74, 6) is 1.54. The van der Waals surface area contributed by atoms with Gasteiger partial charge in [-0.25, -0.2) is 0 Å². The predicted octanol–water partition coefficient (Wildman–Crippen LogP) is 2.85. The van der Waals surface area contributed by atoms with E-state index in [0.717, 1.165) is 18.9 Å². The van der Waals surface area contributed by atoms with Crippen LogP contribution < -0.4 is 0 Å². The highest BCUT2D eigenvalue weighted by Crippen LogP contribution is 2.36. The molecule has 1 aliphatic rings. The molecule has 1 saturated heterocycles. The molecule has 11 heavy (non-hydrogen) atoms. The first-order valence-corrected chi connectivity index (χ1v) is 4.74. The van der Waals surface area contributed by atoms with Crippen LogP contribution in [-0.4, -0.2) is 12.2 Å². The summed E-state index contributed by atoms with van der Waals surface area (Å²) in [6.45, 7) is 10.1. The fourth-order valence-corrected chi connectivity index (χ4v) is 1.89. The third-order valence-corrected chi connectivity index (χ3v) is 3.52. The molecular formula is C10H20O. The van der Waals surface area contributed by atoms with Crippen LogP contribution >= 0.6 is 0 Å². The van der Waals surface area contributed by atoms with E-state index < -0.39 is 0 Å². The van der Waals surface area contributed by atoms with Gasteiger partial charge in [0.1, 0.15) is 0 Å². The standard InChI is InChI=1S/C10H20O/c1-5-10(4)9(3)8(2)6-7-11-10/h8-9H,5-7H2,1-4H3/t8?,9?,10-/m1/s1. The Morgan fingerprint density at radius 1 is 1.45 bits per heavy atom. The van der Waals surface area contributed by atoms with Gasteiger partial charge in [-0.2, -0.15) is 0 Å². The quantitative estimate of drug-likeness (QED) is 0.567. The largest absolute Gasteiger partial charge is 0.375 e. The molecule has 0 aromatic heterocycles. The normalized spacial score (nSPS) is 45.8. The molecule has 0 bridgehead atoms. The second-order valence-electron chi connectivity index (χ2n) is 4.07. The third-order valence-electron chi connectivity index (χ3n) is 3.52. The van der Waals surface area contributed by atoms with Crippen molar-refractivity contribution in [2.24, 2.45) is 11.8 Å². The first-order chi connectivity index (χ1) is 5.10. The molecule has 0 saturated carbocycles. The number of hydrogen-bond donors (Lipinski definition) is 0. The van der Waals surface area contributed by atoms with Crippen molar-refractivity contribution < 1.29 is 4.74 Å². The molecule has 1 rings (SSSR count). The Bertz CT molecular complexity index is 133. The van der Waals surface area contributed by atoms with Crippen LogP contribution in [-0.2, 0) is 4.74 Å². The second-order valence-corrected chi connectivity index (χ2v) is 4.07. The van der Waals surface area contributed by atoms with Gasteiger partial charge in [0.15, 0.2) is 0 Å². The molecule has 1 aliphatic heterocycles. The Morgan fingerprint density at radius 2 is 2.09 bits per heavy atom. The highest BCUT2D eigenvalue weighted by Gasteiger charge is 2.36. The Hall–Kier alpha value is -0.0400. The molecule has 1 nitrogen and oxygen atoms in total. The van der Waals surface area contributed by atoms with Gasteiger partial charge in [0, 0.05) is 6.61 Å². The molecular weight excluding hydrogens is 136 g/mol. The van der Waals surface area contributed by atoms with Crippen molar-refractivity contribution in [1.82, 2.24) is 0 Å². The summed E-state index contributed by atoms with van der Waals surface area (Å²) in [7, 11) is 0. The molecule has 1 heteroatoms. The van der Waals surface area contributed by atoms with Crippen LogP contribution in [0.2, 0.25) is 0 Å². The van der Waals surface area contributed by atoms with Gasteiger partial charge < -0.3 is 4.74 Å². The third kappa shape index (κ3) is 1.58. The summed E-state index contributed by atoms with van der Waals surface area (Å²) in [6.07, 6.45) is 2.37. The SMILES string of the molecule is CC[C@@]1(C)OCCC(C)C1C. The van der Waals surface area contributed by atoms with Gasteiger partial charge in [-0.15, -0.1) is 0 Å². The van der Waals surface area contributed by atoms with Gasteiger partial charge in [-0.05, 0) is 31.6 Å². The van der Waals surface area contributed by atoms with Crippen LogP contribution in [0.25, 0.3) is 0 Å². The van der Waals surface area contributed by atoms with E-state index in [2.05, 4.69) is 27.7 Å². The molecule has 0 aliphatic carbocycles. The molecule has 0 N–H and O–H groups in total. The summed E-state index contributed by atoms with van der Waals surface area (Å²) >= 11 is 0. The van der Waals surface area contributed by atoms with E-state index in [-0.39, 0.29) is 5.60 Å². The summed E-state index contributed by atoms with van der Waals surface area (Å²) < 4.78 is 5.80. The monoisotopic (exact) mass is 156 g/mol. The molecule has 66 valence electrons. The van der Waals surface area contributed by atoms with Crippen molar-refractivity contribution in [1.29, 1.82) is 0 Å². The van der Waals surface area contributed by atoms with Crippen LogP contribution in [0.1, 0.15) is 40.5 Å². The Morgan fingerprint density at radius 3 is 2.55 bits per heavy atom. The van der Waals surface area contributed by atoms with Crippen molar-refractivity contribution >= 4 is 0 Å². The van der Waals surface area contributed by atoms with Crippen molar-refractivity contribution in [3.8, 4) is 0 Å². The minimum atomic E-state index is 0.150. The van der Waals surface area contributed by atoms with Crippen LogP contribution in [0.4, 0.5) is 0 Å². The lowest BCUT2D eigenvalue weighted by Crippen LogP contribution is -2.43. The van der Waals surface area contributed by atoms with E-state index in [1.54, 1.807) is 0 Å². The Balaban J connectivity index is 2.64. The maximum Gasteiger partial charge on any atom is 0.0679 e. The van der Waals surface area contributed by atoms with E-state index in [0.29, 0.717) is 5.92 Å². The fraction of sp³-hybridized carbons (Fsp3) is 1.00. The predicted molar refractivity (Wildman–Crippen MR) is 47.6 cm³/mol. The van der Waals surface area contributed by atoms with E-state index >= 15 is 0 Å². The molecule has 0 aromatic carbocycles. The van der Waals surface area contributed by atoms with E-state index in [9.17, 15) is 0 Å². The summed E-state index contributed by atoms with van der Waals surface area (Å²) in [4.78, 5) is 0. The van der Waals surface area contributed by atoms with Gasteiger partial charge in [0.05, 0.1) is 5.60 Å². The van der Waals surface area contributed by atoms with Crippen molar-refractivity contribution in [3.63, 3.8) is 0 Å². The number of ether oxygens (including phenoxy) is 1. The van der Waals surface area contributed by atoms with Gasteiger partial charge in [-0.1, -0.05) is 20.8 Å². The smallest absolute Gasteiger partial charge is 0.0679 e. The molecule has 1 heterocycles. The number of rotatable bonds is 1. The molecule has 2 unspecified atom stereocenters. The zero-order chi connectivity index (χ0) is 8.48.